The van der Waals surface area contributed by atoms with Crippen LogP contribution < -0.4 is 0 Å². The molecule has 0 aromatic rings. The summed E-state index contributed by atoms with van der Waals surface area (Å²) in [5.74, 6) is 0. The van der Waals surface area contributed by atoms with Gasteiger partial charge in [-0.15, -0.1) is 0 Å². The third kappa shape index (κ3) is 18500. The molecule has 0 spiro atoms. The van der Waals surface area contributed by atoms with Gasteiger partial charge in [0.05, 0.1) is 12.5 Å². The van der Waals surface area contributed by atoms with Crippen molar-refractivity contribution in [3.05, 3.63) is 0 Å². The average molecular weight is 211 g/mol. The van der Waals surface area contributed by atoms with E-state index in [9.17, 15) is 16.8 Å². The molecule has 0 aliphatic carbocycles. The maximum absolute atomic E-state index is 9.40. The van der Waals surface area contributed by atoms with Gasteiger partial charge in [0.1, 0.15) is 0 Å². The first-order chi connectivity index (χ1) is 4.00. The van der Waals surface area contributed by atoms with E-state index in [1.165, 1.54) is 0 Å². The van der Waals surface area contributed by atoms with Gasteiger partial charge in [0.25, 0.3) is 10.1 Å². The van der Waals surface area contributed by atoms with E-state index in [-0.39, 0.29) is 0 Å². The zero-order valence-electron chi connectivity index (χ0n) is 5.27. The van der Waals surface area contributed by atoms with Crippen molar-refractivity contribution in [3.8, 4) is 0 Å². The fraction of sp³-hybridized carbons (Fsp3) is 1.00. The van der Waals surface area contributed by atoms with Crippen LogP contribution in [-0.4, -0.2) is 33.9 Å². The highest BCUT2D eigenvalue weighted by molar-refractivity contribution is 8.13. The molecular weight excluding hydrogens is 204 g/mol. The highest BCUT2D eigenvalue weighted by Crippen LogP contribution is 1.83. The van der Waals surface area contributed by atoms with E-state index in [0.29, 0.717) is 6.26 Å². The quantitative estimate of drug-likeness (QED) is 0.438. The lowest BCUT2D eigenvalue weighted by molar-refractivity contribution is 0.490. The van der Waals surface area contributed by atoms with Gasteiger partial charge < -0.3 is 0 Å². The Balaban J connectivity index is 0. The van der Waals surface area contributed by atoms with Crippen LogP contribution in [0, 0.1) is 0 Å². The van der Waals surface area contributed by atoms with Crippen LogP contribution in [0.2, 0.25) is 0 Å². The fourth-order valence-electron chi connectivity index (χ4n) is 0. The zero-order valence-corrected chi connectivity index (χ0v) is 7.66. The van der Waals surface area contributed by atoms with E-state index < -0.39 is 19.2 Å². The Morgan fingerprint density at radius 3 is 1.10 bits per heavy atom. The molecular formula is C2H7ClO5S2. The Kier molecular flexibility index (Phi) is 5.27. The molecule has 64 valence electrons. The minimum Gasteiger partial charge on any atom is -0.286 e. The fourth-order valence-corrected chi connectivity index (χ4v) is 0. The van der Waals surface area contributed by atoms with Gasteiger partial charge in [-0.25, -0.2) is 8.42 Å². The van der Waals surface area contributed by atoms with Crippen LogP contribution in [-0.2, 0) is 19.2 Å². The molecule has 0 aliphatic heterocycles. The molecule has 0 atom stereocenters. The van der Waals surface area contributed by atoms with Crippen molar-refractivity contribution in [3.63, 3.8) is 0 Å². The number of halogens is 1. The molecule has 0 rings (SSSR count). The predicted octanol–water partition coefficient (Wildman–Crippen LogP) is -0.311. The SMILES string of the molecule is CS(=O)(=O)Cl.CS(=O)(=O)O. The molecule has 0 heterocycles. The van der Waals surface area contributed by atoms with E-state index in [4.69, 9.17) is 4.55 Å². The Labute approximate surface area is 64.2 Å². The smallest absolute Gasteiger partial charge is 0.261 e. The van der Waals surface area contributed by atoms with Crippen LogP contribution in [0.25, 0.3) is 0 Å². The summed E-state index contributed by atoms with van der Waals surface area (Å²) in [6.45, 7) is 0. The van der Waals surface area contributed by atoms with Gasteiger partial charge >= 0.3 is 0 Å². The van der Waals surface area contributed by atoms with Crippen LogP contribution in [0.1, 0.15) is 0 Å². The first-order valence-corrected chi connectivity index (χ1v) is 6.39. The topological polar surface area (TPSA) is 88.5 Å². The van der Waals surface area contributed by atoms with Crippen LogP contribution in [0.3, 0.4) is 0 Å². The lowest BCUT2D eigenvalue weighted by Crippen LogP contribution is -1.88. The summed E-state index contributed by atoms with van der Waals surface area (Å²) in [7, 11) is -2.36. The molecule has 5 nitrogen and oxygen atoms in total. The molecule has 10 heavy (non-hydrogen) atoms. The largest absolute Gasteiger partial charge is 0.286 e. The molecule has 0 radical (unpaired) electrons. The second-order valence-electron chi connectivity index (χ2n) is 1.41. The molecule has 8 heteroatoms. The number of hydrogen-bond acceptors (Lipinski definition) is 4. The second-order valence-corrected chi connectivity index (χ2v) is 5.93. The van der Waals surface area contributed by atoms with Crippen molar-refractivity contribution in [2.24, 2.45) is 0 Å². The van der Waals surface area contributed by atoms with E-state index in [0.717, 1.165) is 6.26 Å². The van der Waals surface area contributed by atoms with Gasteiger partial charge in [0.2, 0.25) is 9.05 Å². The average Bonchev–Trinajstić information content (AvgIpc) is 1.12. The molecule has 0 bridgehead atoms. The van der Waals surface area contributed by atoms with E-state index in [2.05, 4.69) is 10.7 Å². The molecule has 0 fully saturated rings. The van der Waals surface area contributed by atoms with Crippen molar-refractivity contribution in [2.45, 2.75) is 0 Å². The lowest BCUT2D eigenvalue weighted by Gasteiger charge is -1.69. The summed E-state index contributed by atoms with van der Waals surface area (Å²) in [5, 5.41) is 0. The van der Waals surface area contributed by atoms with Crippen LogP contribution >= 0.6 is 10.7 Å². The molecule has 0 unspecified atom stereocenters. The highest BCUT2D eigenvalue weighted by Gasteiger charge is 1.83. The summed E-state index contributed by atoms with van der Waals surface area (Å²) in [5.41, 5.74) is 0. The maximum atomic E-state index is 9.40. The van der Waals surface area contributed by atoms with Gasteiger partial charge in [-0.2, -0.15) is 8.42 Å². The molecule has 0 aliphatic rings. The van der Waals surface area contributed by atoms with E-state index in [1.807, 2.05) is 0 Å². The van der Waals surface area contributed by atoms with Gasteiger partial charge in [0, 0.05) is 10.7 Å². The Morgan fingerprint density at radius 1 is 1.10 bits per heavy atom. The summed E-state index contributed by atoms with van der Waals surface area (Å²) >= 11 is 0. The second kappa shape index (κ2) is 4.12. The molecule has 0 saturated carbocycles. The maximum Gasteiger partial charge on any atom is 0.261 e. The van der Waals surface area contributed by atoms with Crippen LogP contribution in [0.15, 0.2) is 0 Å². The van der Waals surface area contributed by atoms with Gasteiger partial charge in [-0.1, -0.05) is 0 Å². The van der Waals surface area contributed by atoms with Crippen molar-refractivity contribution < 1.29 is 21.4 Å². The van der Waals surface area contributed by atoms with Crippen LogP contribution in [0.5, 0.6) is 0 Å². The molecule has 0 saturated heterocycles. The molecule has 0 amide bonds. The predicted molar refractivity (Wildman–Crippen MR) is 38.2 cm³/mol. The molecule has 0 aromatic heterocycles. The standard InChI is InChI=1S/CH3ClO2S.CH4O3S/c2*1-5(2,3)4/h1H3;1H3,(H,2,3,4). The Hall–Kier alpha value is 0.150. The highest BCUT2D eigenvalue weighted by atomic mass is 35.7. The van der Waals surface area contributed by atoms with Gasteiger partial charge in [-0.3, -0.25) is 4.55 Å². The minimum absolute atomic E-state index is 0.715. The zero-order chi connectivity index (χ0) is 9.00. The number of rotatable bonds is 0. The Bertz CT molecular complexity index is 214. The Morgan fingerprint density at radius 2 is 1.10 bits per heavy atom. The monoisotopic (exact) mass is 210 g/mol. The summed E-state index contributed by atoms with van der Waals surface area (Å²) in [4.78, 5) is 0. The summed E-state index contributed by atoms with van der Waals surface area (Å²) < 4.78 is 44.7. The number of hydrogen-bond donors (Lipinski definition) is 1. The first-order valence-electron chi connectivity index (χ1n) is 1.82. The first kappa shape index (κ1) is 12.8. The molecule has 0 aromatic carbocycles. The summed E-state index contributed by atoms with van der Waals surface area (Å²) in [6.07, 6.45) is 1.64. The van der Waals surface area contributed by atoms with E-state index >= 15 is 0 Å². The molecule has 1 N–H and O–H groups in total. The van der Waals surface area contributed by atoms with Crippen molar-refractivity contribution in [2.75, 3.05) is 12.5 Å². The van der Waals surface area contributed by atoms with Gasteiger partial charge in [0.15, 0.2) is 0 Å². The third-order valence-electron chi connectivity index (χ3n) is 0. The lowest BCUT2D eigenvalue weighted by atomic mass is 12.0. The minimum atomic E-state index is -3.67. The van der Waals surface area contributed by atoms with Gasteiger partial charge in [-0.05, 0) is 0 Å². The van der Waals surface area contributed by atoms with E-state index in [1.54, 1.807) is 0 Å². The van der Waals surface area contributed by atoms with Crippen molar-refractivity contribution >= 4 is 29.9 Å². The van der Waals surface area contributed by atoms with Crippen molar-refractivity contribution in [1.29, 1.82) is 0 Å². The van der Waals surface area contributed by atoms with Crippen molar-refractivity contribution in [1.82, 2.24) is 0 Å². The third-order valence-corrected chi connectivity index (χ3v) is 0. The summed E-state index contributed by atoms with van der Waals surface area (Å²) in [6, 6.07) is 0. The normalized spacial score (nSPS) is 11.6. The van der Waals surface area contributed by atoms with Crippen LogP contribution in [0.4, 0.5) is 0 Å².